The van der Waals surface area contributed by atoms with Crippen LogP contribution < -0.4 is 0 Å². The van der Waals surface area contributed by atoms with Crippen LogP contribution in [0.3, 0.4) is 0 Å². The highest BCUT2D eigenvalue weighted by atomic mass is 15.3. The van der Waals surface area contributed by atoms with Gasteiger partial charge in [0, 0.05) is 12.1 Å². The molecule has 1 saturated heterocycles. The Hall–Kier alpha value is -0.0400. The van der Waals surface area contributed by atoms with Gasteiger partial charge < -0.3 is 0 Å². The van der Waals surface area contributed by atoms with E-state index in [2.05, 4.69) is 18.7 Å². The van der Waals surface area contributed by atoms with Crippen molar-refractivity contribution in [3.8, 4) is 0 Å². The zero-order valence-electron chi connectivity index (χ0n) is 7.06. The third kappa shape index (κ3) is 0.672. The Morgan fingerprint density at radius 2 is 2.20 bits per heavy atom. The Morgan fingerprint density at radius 3 is 2.50 bits per heavy atom. The number of rotatable bonds is 1. The van der Waals surface area contributed by atoms with E-state index in [1.165, 1.54) is 32.4 Å². The van der Waals surface area contributed by atoms with Crippen molar-refractivity contribution in [2.75, 3.05) is 13.1 Å². The topological polar surface area (TPSA) is 3.24 Å². The van der Waals surface area contributed by atoms with Gasteiger partial charge >= 0.3 is 0 Å². The van der Waals surface area contributed by atoms with Crippen LogP contribution in [0.25, 0.3) is 0 Å². The summed E-state index contributed by atoms with van der Waals surface area (Å²) in [4.78, 5) is 2.65. The highest BCUT2D eigenvalue weighted by molar-refractivity contribution is 5.07. The van der Waals surface area contributed by atoms with Gasteiger partial charge in [-0.05, 0) is 31.7 Å². The van der Waals surface area contributed by atoms with Gasteiger partial charge in [-0.25, -0.2) is 0 Å². The van der Waals surface area contributed by atoms with E-state index in [1.54, 1.807) is 0 Å². The first-order valence-corrected chi connectivity index (χ1v) is 4.52. The van der Waals surface area contributed by atoms with E-state index in [4.69, 9.17) is 0 Å². The van der Waals surface area contributed by atoms with E-state index in [9.17, 15) is 0 Å². The van der Waals surface area contributed by atoms with Crippen molar-refractivity contribution in [3.63, 3.8) is 0 Å². The van der Waals surface area contributed by atoms with Crippen molar-refractivity contribution < 1.29 is 0 Å². The minimum Gasteiger partial charge on any atom is -0.298 e. The molecule has 1 aliphatic heterocycles. The molecule has 0 radical (unpaired) electrons. The normalized spacial score (nSPS) is 46.8. The van der Waals surface area contributed by atoms with Crippen LogP contribution in [-0.4, -0.2) is 23.5 Å². The lowest BCUT2D eigenvalue weighted by Gasteiger charge is -2.61. The Bertz CT molecular complexity index is 134. The first kappa shape index (κ1) is 6.66. The van der Waals surface area contributed by atoms with Crippen molar-refractivity contribution in [1.82, 2.24) is 4.90 Å². The quantitative estimate of drug-likeness (QED) is 0.536. The summed E-state index contributed by atoms with van der Waals surface area (Å²) in [7, 11) is 0. The number of likely N-dealkylation sites (tertiary alicyclic amines) is 1. The molecule has 1 heterocycles. The lowest BCUT2D eigenvalue weighted by Crippen LogP contribution is -2.65. The third-order valence-electron chi connectivity index (χ3n) is 3.36. The molecule has 0 N–H and O–H groups in total. The van der Waals surface area contributed by atoms with Gasteiger partial charge in [-0.15, -0.1) is 0 Å². The molecule has 0 amide bonds. The zero-order chi connectivity index (χ0) is 7.19. The molecule has 0 aromatic rings. The lowest BCUT2D eigenvalue weighted by atomic mass is 9.62. The van der Waals surface area contributed by atoms with Crippen molar-refractivity contribution >= 4 is 0 Å². The van der Waals surface area contributed by atoms with E-state index in [0.29, 0.717) is 5.54 Å². The fourth-order valence-electron chi connectivity index (χ4n) is 2.78. The number of hydrogen-bond acceptors (Lipinski definition) is 1. The maximum Gasteiger partial charge on any atom is 0.0226 e. The van der Waals surface area contributed by atoms with Crippen molar-refractivity contribution in [2.24, 2.45) is 5.92 Å². The average molecular weight is 139 g/mol. The van der Waals surface area contributed by atoms with E-state index >= 15 is 0 Å². The van der Waals surface area contributed by atoms with Crippen LogP contribution in [0.5, 0.6) is 0 Å². The maximum absolute atomic E-state index is 2.65. The van der Waals surface area contributed by atoms with Gasteiger partial charge in [-0.1, -0.05) is 13.8 Å². The standard InChI is InChI=1S/C9H17N/c1-3-10-5-4-9(10)6-8(2)7-9/h8H,3-7H2,1-2H3. The zero-order valence-corrected chi connectivity index (χ0v) is 7.06. The van der Waals surface area contributed by atoms with Crippen LogP contribution in [0.15, 0.2) is 0 Å². The molecule has 0 atom stereocenters. The summed E-state index contributed by atoms with van der Waals surface area (Å²) in [5.41, 5.74) is 0.716. The molecule has 2 aliphatic rings. The van der Waals surface area contributed by atoms with E-state index in [1.807, 2.05) is 0 Å². The van der Waals surface area contributed by atoms with E-state index in [-0.39, 0.29) is 0 Å². The van der Waals surface area contributed by atoms with Gasteiger partial charge in [-0.3, -0.25) is 4.90 Å². The molecule has 0 aromatic heterocycles. The molecule has 58 valence electrons. The minimum absolute atomic E-state index is 0.716. The average Bonchev–Trinajstić information content (AvgIpc) is 1.79. The molecule has 10 heavy (non-hydrogen) atoms. The SMILES string of the molecule is CCN1CCC12CC(C)C2. The highest BCUT2D eigenvalue weighted by Crippen LogP contribution is 2.49. The monoisotopic (exact) mass is 139 g/mol. The van der Waals surface area contributed by atoms with Gasteiger partial charge in [0.25, 0.3) is 0 Å². The fourth-order valence-corrected chi connectivity index (χ4v) is 2.78. The second-order valence-corrected chi connectivity index (χ2v) is 4.07. The summed E-state index contributed by atoms with van der Waals surface area (Å²) in [6, 6.07) is 0. The lowest BCUT2D eigenvalue weighted by molar-refractivity contribution is -0.0964. The van der Waals surface area contributed by atoms with Gasteiger partial charge in [-0.2, -0.15) is 0 Å². The summed E-state index contributed by atoms with van der Waals surface area (Å²) in [5, 5.41) is 0. The molecule has 0 aromatic carbocycles. The molecule has 1 saturated carbocycles. The van der Waals surface area contributed by atoms with Crippen LogP contribution in [-0.2, 0) is 0 Å². The summed E-state index contributed by atoms with van der Waals surface area (Å²) in [6.07, 6.45) is 4.42. The van der Waals surface area contributed by atoms with Crippen LogP contribution >= 0.6 is 0 Å². The molecule has 2 rings (SSSR count). The summed E-state index contributed by atoms with van der Waals surface area (Å²) in [6.45, 7) is 7.29. The van der Waals surface area contributed by atoms with Crippen molar-refractivity contribution in [2.45, 2.75) is 38.6 Å². The molecule has 0 unspecified atom stereocenters. The second kappa shape index (κ2) is 1.97. The van der Waals surface area contributed by atoms with Crippen molar-refractivity contribution in [3.05, 3.63) is 0 Å². The van der Waals surface area contributed by atoms with Crippen LogP contribution in [0, 0.1) is 5.92 Å². The summed E-state index contributed by atoms with van der Waals surface area (Å²) >= 11 is 0. The molecule has 2 fully saturated rings. The maximum atomic E-state index is 2.65. The van der Waals surface area contributed by atoms with Gasteiger partial charge in [0.2, 0.25) is 0 Å². The minimum atomic E-state index is 0.716. The number of hydrogen-bond donors (Lipinski definition) is 0. The smallest absolute Gasteiger partial charge is 0.0226 e. The molecule has 1 spiro atoms. The van der Waals surface area contributed by atoms with Crippen LogP contribution in [0.4, 0.5) is 0 Å². The fraction of sp³-hybridized carbons (Fsp3) is 1.00. The number of nitrogens with zero attached hydrogens (tertiary/aromatic N) is 1. The predicted molar refractivity (Wildman–Crippen MR) is 43.0 cm³/mol. The third-order valence-corrected chi connectivity index (χ3v) is 3.36. The van der Waals surface area contributed by atoms with Gasteiger partial charge in [0.1, 0.15) is 0 Å². The highest BCUT2D eigenvalue weighted by Gasteiger charge is 2.51. The Morgan fingerprint density at radius 1 is 1.50 bits per heavy atom. The first-order chi connectivity index (χ1) is 4.77. The van der Waals surface area contributed by atoms with Gasteiger partial charge in [0.15, 0.2) is 0 Å². The Balaban J connectivity index is 1.93. The van der Waals surface area contributed by atoms with Gasteiger partial charge in [0.05, 0.1) is 0 Å². The first-order valence-electron chi connectivity index (χ1n) is 4.52. The van der Waals surface area contributed by atoms with Crippen molar-refractivity contribution in [1.29, 1.82) is 0 Å². The Labute approximate surface area is 63.4 Å². The molecule has 1 nitrogen and oxygen atoms in total. The predicted octanol–water partition coefficient (Wildman–Crippen LogP) is 1.88. The van der Waals surface area contributed by atoms with Crippen LogP contribution in [0.2, 0.25) is 0 Å². The molecule has 1 heteroatoms. The second-order valence-electron chi connectivity index (χ2n) is 4.07. The molecular weight excluding hydrogens is 122 g/mol. The van der Waals surface area contributed by atoms with Crippen LogP contribution in [0.1, 0.15) is 33.1 Å². The largest absolute Gasteiger partial charge is 0.298 e. The molecular formula is C9H17N. The summed E-state index contributed by atoms with van der Waals surface area (Å²) in [5.74, 6) is 1.01. The molecule has 0 bridgehead atoms. The van der Waals surface area contributed by atoms with E-state index in [0.717, 1.165) is 5.92 Å². The Kier molecular flexibility index (Phi) is 1.31. The summed E-state index contributed by atoms with van der Waals surface area (Å²) < 4.78 is 0. The molecule has 1 aliphatic carbocycles. The van der Waals surface area contributed by atoms with E-state index < -0.39 is 0 Å².